The van der Waals surface area contributed by atoms with Crippen molar-refractivity contribution in [3.8, 4) is 6.07 Å². The maximum Gasteiger partial charge on any atom is 0.459 e. The van der Waals surface area contributed by atoms with Gasteiger partial charge in [0.2, 0.25) is 0 Å². The Bertz CT molecular complexity index is 751. The summed E-state index contributed by atoms with van der Waals surface area (Å²) in [6.07, 6.45) is 2.28. The smallest absolute Gasteiger partial charge is 0.403 e. The zero-order chi connectivity index (χ0) is 16.7. The molecule has 1 aliphatic rings. The van der Waals surface area contributed by atoms with Gasteiger partial charge in [-0.05, 0) is 45.4 Å². The summed E-state index contributed by atoms with van der Waals surface area (Å²) < 4.78 is 12.0. The zero-order valence-corrected chi connectivity index (χ0v) is 14.0. The van der Waals surface area contributed by atoms with Gasteiger partial charge >= 0.3 is 7.12 Å². The first-order chi connectivity index (χ1) is 10.8. The van der Waals surface area contributed by atoms with E-state index in [1.165, 1.54) is 0 Å². The summed E-state index contributed by atoms with van der Waals surface area (Å²) in [7, 11) is -0.379. The van der Waals surface area contributed by atoms with Gasteiger partial charge in [-0.1, -0.05) is 18.2 Å². The molecule has 0 N–H and O–H groups in total. The lowest BCUT2D eigenvalue weighted by molar-refractivity contribution is 0.00578. The number of pyridine rings is 1. The fourth-order valence-corrected chi connectivity index (χ4v) is 2.80. The van der Waals surface area contributed by atoms with Crippen molar-refractivity contribution < 1.29 is 9.31 Å². The number of rotatable bonds is 3. The van der Waals surface area contributed by atoms with Crippen molar-refractivity contribution in [1.29, 1.82) is 5.26 Å². The van der Waals surface area contributed by atoms with Crippen molar-refractivity contribution >= 4 is 18.0 Å². The molecule has 2 aromatic rings. The van der Waals surface area contributed by atoms with Gasteiger partial charge in [0, 0.05) is 17.9 Å². The van der Waals surface area contributed by atoms with Crippen molar-refractivity contribution in [2.45, 2.75) is 51.1 Å². The van der Waals surface area contributed by atoms with E-state index < -0.39 is 0 Å². The summed E-state index contributed by atoms with van der Waals surface area (Å²) in [6, 6.07) is 12.3. The molecule has 23 heavy (non-hydrogen) atoms. The van der Waals surface area contributed by atoms with E-state index in [2.05, 4.69) is 11.1 Å². The van der Waals surface area contributed by atoms with Gasteiger partial charge in [0.1, 0.15) is 0 Å². The molecule has 0 amide bonds. The molecule has 5 heteroatoms. The number of hydrogen-bond donors (Lipinski definition) is 0. The molecular formula is C18H21BN2O2. The van der Waals surface area contributed by atoms with Crippen LogP contribution in [0.1, 0.15) is 39.2 Å². The van der Waals surface area contributed by atoms with E-state index in [1.54, 1.807) is 6.20 Å². The van der Waals surface area contributed by atoms with Crippen LogP contribution in [0.25, 0.3) is 10.9 Å². The van der Waals surface area contributed by atoms with Crippen LogP contribution in [0.15, 0.2) is 36.5 Å². The third-order valence-corrected chi connectivity index (χ3v) is 4.90. The first kappa shape index (κ1) is 16.0. The number of nitriles is 1. The summed E-state index contributed by atoms with van der Waals surface area (Å²) in [4.78, 5) is 4.45. The van der Waals surface area contributed by atoms with Crippen LogP contribution >= 0.6 is 0 Å². The molecule has 1 unspecified atom stereocenters. The SMILES string of the molecule is CC1(C)OB(CC(C#N)c2cnc3ccccc3c2)OC1(C)C. The van der Waals surface area contributed by atoms with Gasteiger partial charge < -0.3 is 9.31 Å². The van der Waals surface area contributed by atoms with Crippen molar-refractivity contribution in [3.05, 3.63) is 42.1 Å². The molecule has 3 rings (SSSR count). The van der Waals surface area contributed by atoms with Gasteiger partial charge in [-0.25, -0.2) is 0 Å². The topological polar surface area (TPSA) is 55.1 Å². The van der Waals surface area contributed by atoms with Gasteiger partial charge in [0.25, 0.3) is 0 Å². The largest absolute Gasteiger partial charge is 0.459 e. The lowest BCUT2D eigenvalue weighted by Gasteiger charge is -2.32. The molecule has 1 fully saturated rings. The highest BCUT2D eigenvalue weighted by molar-refractivity contribution is 6.45. The average molecular weight is 308 g/mol. The van der Waals surface area contributed by atoms with E-state index in [0.717, 1.165) is 16.5 Å². The second-order valence-corrected chi connectivity index (χ2v) is 7.06. The molecular weight excluding hydrogens is 287 g/mol. The van der Waals surface area contributed by atoms with Crippen molar-refractivity contribution in [3.63, 3.8) is 0 Å². The molecule has 4 nitrogen and oxygen atoms in total. The Morgan fingerprint density at radius 3 is 2.48 bits per heavy atom. The third kappa shape index (κ3) is 2.97. The number of nitrogens with zero attached hydrogens (tertiary/aromatic N) is 2. The summed E-state index contributed by atoms with van der Waals surface area (Å²) in [5.41, 5.74) is 1.09. The highest BCUT2D eigenvalue weighted by Crippen LogP contribution is 2.39. The molecule has 0 bridgehead atoms. The van der Waals surface area contributed by atoms with E-state index in [0.29, 0.717) is 6.32 Å². The molecule has 1 saturated heterocycles. The summed E-state index contributed by atoms with van der Waals surface area (Å²) in [6.45, 7) is 8.08. The fourth-order valence-electron chi connectivity index (χ4n) is 2.80. The van der Waals surface area contributed by atoms with E-state index in [-0.39, 0.29) is 24.2 Å². The minimum Gasteiger partial charge on any atom is -0.403 e. The zero-order valence-electron chi connectivity index (χ0n) is 14.0. The van der Waals surface area contributed by atoms with Crippen LogP contribution in [0.4, 0.5) is 0 Å². The normalized spacial score (nSPS) is 20.4. The highest BCUT2D eigenvalue weighted by Gasteiger charge is 2.51. The molecule has 1 aromatic carbocycles. The number of hydrogen-bond acceptors (Lipinski definition) is 4. The van der Waals surface area contributed by atoms with Gasteiger partial charge in [0.15, 0.2) is 0 Å². The van der Waals surface area contributed by atoms with Crippen LogP contribution in [-0.2, 0) is 9.31 Å². The van der Waals surface area contributed by atoms with E-state index in [9.17, 15) is 5.26 Å². The molecule has 1 atom stereocenters. The second kappa shape index (κ2) is 5.63. The Balaban J connectivity index is 1.82. The Morgan fingerprint density at radius 2 is 1.83 bits per heavy atom. The van der Waals surface area contributed by atoms with Crippen LogP contribution in [0.3, 0.4) is 0 Å². The average Bonchev–Trinajstić information content (AvgIpc) is 2.71. The summed E-state index contributed by atoms with van der Waals surface area (Å²) >= 11 is 0. The van der Waals surface area contributed by atoms with E-state index >= 15 is 0 Å². The number of aromatic nitrogens is 1. The maximum absolute atomic E-state index is 9.58. The molecule has 2 heterocycles. The molecule has 1 aliphatic heterocycles. The van der Waals surface area contributed by atoms with E-state index in [1.807, 2.05) is 58.0 Å². The van der Waals surface area contributed by atoms with Crippen molar-refractivity contribution in [2.75, 3.05) is 0 Å². The van der Waals surface area contributed by atoms with Crippen LogP contribution < -0.4 is 0 Å². The van der Waals surface area contributed by atoms with Gasteiger partial charge in [0.05, 0.1) is 28.7 Å². The molecule has 0 aliphatic carbocycles. The van der Waals surface area contributed by atoms with Crippen LogP contribution in [-0.4, -0.2) is 23.3 Å². The van der Waals surface area contributed by atoms with Crippen LogP contribution in [0.5, 0.6) is 0 Å². The number of fused-ring (bicyclic) bond motifs is 1. The Kier molecular flexibility index (Phi) is 3.91. The van der Waals surface area contributed by atoms with Crippen LogP contribution in [0, 0.1) is 11.3 Å². The summed E-state index contributed by atoms with van der Waals surface area (Å²) in [5.74, 6) is -0.304. The van der Waals surface area contributed by atoms with Crippen molar-refractivity contribution in [1.82, 2.24) is 4.98 Å². The predicted molar refractivity (Wildman–Crippen MR) is 91.0 cm³/mol. The molecule has 0 radical (unpaired) electrons. The quantitative estimate of drug-likeness (QED) is 0.806. The van der Waals surface area contributed by atoms with Crippen molar-refractivity contribution in [2.24, 2.45) is 0 Å². The minimum absolute atomic E-state index is 0.304. The highest BCUT2D eigenvalue weighted by atomic mass is 16.7. The number of benzene rings is 1. The van der Waals surface area contributed by atoms with E-state index in [4.69, 9.17) is 9.31 Å². The number of para-hydroxylation sites is 1. The monoisotopic (exact) mass is 308 g/mol. The second-order valence-electron chi connectivity index (χ2n) is 7.06. The lowest BCUT2D eigenvalue weighted by Crippen LogP contribution is -2.41. The molecule has 0 saturated carbocycles. The van der Waals surface area contributed by atoms with Gasteiger partial charge in [-0.3, -0.25) is 4.98 Å². The Hall–Kier alpha value is -1.90. The third-order valence-electron chi connectivity index (χ3n) is 4.90. The molecule has 1 aromatic heterocycles. The standard InChI is InChI=1S/C18H21BN2O2/c1-17(2)18(3,4)23-19(22-17)10-15(11-20)14-9-13-7-5-6-8-16(13)21-12-14/h5-9,12,15H,10H2,1-4H3. The lowest BCUT2D eigenvalue weighted by atomic mass is 9.75. The molecule has 118 valence electrons. The maximum atomic E-state index is 9.58. The van der Waals surface area contributed by atoms with Gasteiger partial charge in [-0.15, -0.1) is 0 Å². The Morgan fingerprint density at radius 1 is 1.17 bits per heavy atom. The summed E-state index contributed by atoms with van der Waals surface area (Å²) in [5, 5.41) is 10.6. The predicted octanol–water partition coefficient (Wildman–Crippen LogP) is 3.93. The molecule has 0 spiro atoms. The van der Waals surface area contributed by atoms with Gasteiger partial charge in [-0.2, -0.15) is 5.26 Å². The fraction of sp³-hybridized carbons (Fsp3) is 0.444. The van der Waals surface area contributed by atoms with Crippen LogP contribution in [0.2, 0.25) is 6.32 Å². The first-order valence-corrected chi connectivity index (χ1v) is 7.92. The Labute approximate surface area is 137 Å². The minimum atomic E-state index is -0.379. The first-order valence-electron chi connectivity index (χ1n) is 7.92.